The van der Waals surface area contributed by atoms with Crippen molar-refractivity contribution in [3.63, 3.8) is 0 Å². The molecule has 4 heteroatoms. The Kier molecular flexibility index (Phi) is 4.64. The maximum atomic E-state index is 12.3. The van der Waals surface area contributed by atoms with Crippen molar-refractivity contribution in [2.45, 2.75) is 71.8 Å². The van der Waals surface area contributed by atoms with E-state index in [2.05, 4.69) is 20.8 Å². The van der Waals surface area contributed by atoms with Crippen LogP contribution in [0.1, 0.15) is 65.7 Å². The number of carbonyl (C=O) groups excluding carboxylic acids is 2. The zero-order valence-corrected chi connectivity index (χ0v) is 16.0. The van der Waals surface area contributed by atoms with Gasteiger partial charge in [-0.15, -0.1) is 0 Å². The molecule has 0 saturated heterocycles. The van der Waals surface area contributed by atoms with Gasteiger partial charge >= 0.3 is 5.97 Å². The molecule has 3 aliphatic rings. The number of aliphatic hydroxyl groups excluding tert-OH is 1. The zero-order chi connectivity index (χ0) is 18.5. The highest BCUT2D eigenvalue weighted by atomic mass is 16.5. The number of allylic oxidation sites excluding steroid dienone is 1. The maximum absolute atomic E-state index is 12.3. The highest BCUT2D eigenvalue weighted by molar-refractivity contribution is 5.88. The molecule has 1 N–H and O–H groups in total. The maximum Gasteiger partial charge on any atom is 0.333 e. The Balaban J connectivity index is 2.05. The zero-order valence-electron chi connectivity index (χ0n) is 16.0. The summed E-state index contributed by atoms with van der Waals surface area (Å²) < 4.78 is 4.87. The van der Waals surface area contributed by atoms with Crippen LogP contribution in [-0.4, -0.2) is 30.6 Å². The fraction of sp³-hybridized carbons (Fsp3) is 0.810. The molecule has 3 aliphatic carbocycles. The molecular formula is C21H32O4. The van der Waals surface area contributed by atoms with Crippen molar-refractivity contribution >= 4 is 12.3 Å². The van der Waals surface area contributed by atoms with Gasteiger partial charge in [-0.3, -0.25) is 0 Å². The lowest BCUT2D eigenvalue weighted by atomic mass is 9.42. The summed E-state index contributed by atoms with van der Waals surface area (Å²) in [4.78, 5) is 24.3. The van der Waals surface area contributed by atoms with Gasteiger partial charge in [0, 0.05) is 12.0 Å². The van der Waals surface area contributed by atoms with Crippen LogP contribution < -0.4 is 0 Å². The van der Waals surface area contributed by atoms with E-state index in [4.69, 9.17) is 4.74 Å². The molecule has 4 nitrogen and oxygen atoms in total. The average molecular weight is 348 g/mol. The van der Waals surface area contributed by atoms with Gasteiger partial charge in [-0.1, -0.05) is 33.3 Å². The van der Waals surface area contributed by atoms with Gasteiger partial charge in [-0.05, 0) is 54.8 Å². The lowest BCUT2D eigenvalue weighted by molar-refractivity contribution is -0.170. The van der Waals surface area contributed by atoms with E-state index in [0.29, 0.717) is 24.3 Å². The number of esters is 1. The van der Waals surface area contributed by atoms with Gasteiger partial charge in [-0.25, -0.2) is 4.79 Å². The third kappa shape index (κ3) is 2.68. The van der Waals surface area contributed by atoms with Crippen LogP contribution in [0.25, 0.3) is 0 Å². The van der Waals surface area contributed by atoms with E-state index in [1.807, 2.05) is 6.08 Å². The van der Waals surface area contributed by atoms with E-state index >= 15 is 0 Å². The summed E-state index contributed by atoms with van der Waals surface area (Å²) in [6.07, 6.45) is 8.18. The first-order valence-electron chi connectivity index (χ1n) is 9.63. The van der Waals surface area contributed by atoms with Crippen molar-refractivity contribution in [3.05, 3.63) is 11.6 Å². The number of methoxy groups -OCH3 is 1. The van der Waals surface area contributed by atoms with Crippen molar-refractivity contribution in [1.82, 2.24) is 0 Å². The fourth-order valence-electron chi connectivity index (χ4n) is 6.63. The highest BCUT2D eigenvalue weighted by Gasteiger charge is 2.62. The van der Waals surface area contributed by atoms with Gasteiger partial charge in [0.1, 0.15) is 6.29 Å². The highest BCUT2D eigenvalue weighted by Crippen LogP contribution is 2.66. The Morgan fingerprint density at radius 1 is 1.24 bits per heavy atom. The first-order chi connectivity index (χ1) is 11.7. The van der Waals surface area contributed by atoms with Gasteiger partial charge < -0.3 is 14.6 Å². The predicted molar refractivity (Wildman–Crippen MR) is 95.8 cm³/mol. The Morgan fingerprint density at radius 2 is 1.96 bits per heavy atom. The molecule has 0 spiro atoms. The number of rotatable bonds is 2. The molecule has 2 saturated carbocycles. The minimum atomic E-state index is -0.814. The number of aliphatic hydroxyl groups is 1. The van der Waals surface area contributed by atoms with Crippen molar-refractivity contribution in [2.75, 3.05) is 7.11 Å². The first-order valence-corrected chi connectivity index (χ1v) is 9.63. The number of aldehydes is 1. The standard InChI is InChI=1S/C21H32O4/c1-19(2)9-5-10-20(3)15(19)8-11-21(13-22)16(20)7-6-14(12-17(21)23)18(24)25-4/h6,13,15-17,23H,5,7-12H2,1-4H3/t15?,16-,17-,20+,21+/m1/s1. The van der Waals surface area contributed by atoms with Crippen LogP contribution in [0.3, 0.4) is 0 Å². The summed E-state index contributed by atoms with van der Waals surface area (Å²) >= 11 is 0. The first kappa shape index (κ1) is 18.6. The molecular weight excluding hydrogens is 316 g/mol. The summed E-state index contributed by atoms with van der Waals surface area (Å²) in [6, 6.07) is 0. The van der Waals surface area contributed by atoms with E-state index in [1.165, 1.54) is 13.5 Å². The lowest BCUT2D eigenvalue weighted by Gasteiger charge is -2.62. The number of fused-ring (bicyclic) bond motifs is 3. The van der Waals surface area contributed by atoms with Crippen LogP contribution in [0.5, 0.6) is 0 Å². The SMILES string of the molecule is COC(=O)C1=CC[C@H]2[C@@](C=O)(CCC3C(C)(C)CCC[C@@]32C)[C@H](O)C1. The Bertz CT molecular complexity index is 593. The molecule has 0 aromatic carbocycles. The summed E-state index contributed by atoms with van der Waals surface area (Å²) in [6.45, 7) is 7.03. The van der Waals surface area contributed by atoms with Crippen molar-refractivity contribution in [1.29, 1.82) is 0 Å². The molecule has 0 heterocycles. The van der Waals surface area contributed by atoms with E-state index in [-0.39, 0.29) is 29.1 Å². The van der Waals surface area contributed by atoms with Crippen molar-refractivity contribution in [3.8, 4) is 0 Å². The van der Waals surface area contributed by atoms with Gasteiger partial charge in [0.2, 0.25) is 0 Å². The van der Waals surface area contributed by atoms with E-state index in [0.717, 1.165) is 25.5 Å². The smallest absolute Gasteiger partial charge is 0.333 e. The minimum absolute atomic E-state index is 0.0178. The van der Waals surface area contributed by atoms with Gasteiger partial charge in [0.15, 0.2) is 0 Å². The fourth-order valence-corrected chi connectivity index (χ4v) is 6.63. The van der Waals surface area contributed by atoms with Crippen molar-refractivity contribution in [2.24, 2.45) is 28.1 Å². The molecule has 3 rings (SSSR count). The molecule has 25 heavy (non-hydrogen) atoms. The van der Waals surface area contributed by atoms with E-state index in [9.17, 15) is 14.7 Å². The molecule has 0 aromatic rings. The molecule has 0 aromatic heterocycles. The molecule has 2 fully saturated rings. The molecule has 140 valence electrons. The van der Waals surface area contributed by atoms with Gasteiger partial charge in [0.05, 0.1) is 18.6 Å². The molecule has 5 atom stereocenters. The molecule has 1 unspecified atom stereocenters. The summed E-state index contributed by atoms with van der Waals surface area (Å²) in [5, 5.41) is 11.0. The normalized spacial score (nSPS) is 43.1. The van der Waals surface area contributed by atoms with Crippen LogP contribution in [0.4, 0.5) is 0 Å². The second-order valence-electron chi connectivity index (χ2n) is 9.40. The third-order valence-electron chi connectivity index (χ3n) is 7.89. The monoisotopic (exact) mass is 348 g/mol. The van der Waals surface area contributed by atoms with E-state index < -0.39 is 11.5 Å². The minimum Gasteiger partial charge on any atom is -0.466 e. The van der Waals surface area contributed by atoms with Crippen LogP contribution in [0, 0.1) is 28.1 Å². The Hall–Kier alpha value is -1.16. The molecule has 0 amide bonds. The number of ether oxygens (including phenoxy) is 1. The van der Waals surface area contributed by atoms with Crippen LogP contribution in [-0.2, 0) is 14.3 Å². The number of hydrogen-bond donors (Lipinski definition) is 1. The average Bonchev–Trinajstić information content (AvgIpc) is 2.71. The van der Waals surface area contributed by atoms with E-state index in [1.54, 1.807) is 0 Å². The quantitative estimate of drug-likeness (QED) is 0.611. The largest absolute Gasteiger partial charge is 0.466 e. The Labute approximate surface area is 151 Å². The second-order valence-corrected chi connectivity index (χ2v) is 9.40. The number of hydrogen-bond acceptors (Lipinski definition) is 4. The number of carbonyl (C=O) groups is 2. The predicted octanol–water partition coefficient (Wildman–Crippen LogP) is 3.67. The topological polar surface area (TPSA) is 63.6 Å². The van der Waals surface area contributed by atoms with Gasteiger partial charge in [0.25, 0.3) is 0 Å². The third-order valence-corrected chi connectivity index (χ3v) is 7.89. The molecule has 0 aliphatic heterocycles. The molecule has 0 radical (unpaired) electrons. The summed E-state index contributed by atoms with van der Waals surface area (Å²) in [7, 11) is 1.37. The van der Waals surface area contributed by atoms with Crippen molar-refractivity contribution < 1.29 is 19.4 Å². The summed E-state index contributed by atoms with van der Waals surface area (Å²) in [5.41, 5.74) is 0.0455. The van der Waals surface area contributed by atoms with Crippen LogP contribution in [0.2, 0.25) is 0 Å². The molecule has 0 bridgehead atoms. The Morgan fingerprint density at radius 3 is 2.60 bits per heavy atom. The second kappa shape index (κ2) is 6.22. The lowest BCUT2D eigenvalue weighted by Crippen LogP contribution is -2.59. The van der Waals surface area contributed by atoms with Crippen LogP contribution >= 0.6 is 0 Å². The van der Waals surface area contributed by atoms with Gasteiger partial charge in [-0.2, -0.15) is 0 Å². The van der Waals surface area contributed by atoms with Crippen LogP contribution in [0.15, 0.2) is 11.6 Å². The summed E-state index contributed by atoms with van der Waals surface area (Å²) in [5.74, 6) is 0.240.